The lowest BCUT2D eigenvalue weighted by Gasteiger charge is -2.33. The Balaban J connectivity index is 2.05. The molecule has 1 atom stereocenters. The molecule has 0 radical (unpaired) electrons. The molecule has 1 aromatic carbocycles. The van der Waals surface area contributed by atoms with Gasteiger partial charge in [0.15, 0.2) is 0 Å². The zero-order chi connectivity index (χ0) is 14.5. The number of piperidine rings is 1. The molecule has 110 valence electrons. The molecule has 1 fully saturated rings. The fraction of sp³-hybridized carbons (Fsp3) is 0.588. The molecule has 1 heterocycles. The predicted molar refractivity (Wildman–Crippen MR) is 84.1 cm³/mol. The lowest BCUT2D eigenvalue weighted by Crippen LogP contribution is -2.41. The van der Waals surface area contributed by atoms with Crippen molar-refractivity contribution in [2.75, 3.05) is 25.0 Å². The normalized spacial score (nSPS) is 19.9. The van der Waals surface area contributed by atoms with Crippen molar-refractivity contribution >= 4 is 11.6 Å². The number of hydrogen-bond acceptors (Lipinski definition) is 2. The second kappa shape index (κ2) is 6.89. The minimum atomic E-state index is 0.247. The second-order valence-electron chi connectivity index (χ2n) is 5.81. The van der Waals surface area contributed by atoms with Crippen LogP contribution in [0.1, 0.15) is 38.2 Å². The van der Waals surface area contributed by atoms with Gasteiger partial charge in [-0.05, 0) is 58.0 Å². The van der Waals surface area contributed by atoms with Gasteiger partial charge in [-0.15, -0.1) is 0 Å². The van der Waals surface area contributed by atoms with E-state index in [1.54, 1.807) is 0 Å². The van der Waals surface area contributed by atoms with Crippen LogP contribution < -0.4 is 4.90 Å². The fourth-order valence-corrected chi connectivity index (χ4v) is 3.01. The number of benzene rings is 1. The van der Waals surface area contributed by atoms with Gasteiger partial charge >= 0.3 is 0 Å². The Kier molecular flexibility index (Phi) is 5.18. The summed E-state index contributed by atoms with van der Waals surface area (Å²) in [5, 5.41) is 0. The zero-order valence-electron chi connectivity index (χ0n) is 12.9. The first-order valence-electron chi connectivity index (χ1n) is 7.69. The van der Waals surface area contributed by atoms with Crippen molar-refractivity contribution in [1.82, 2.24) is 4.90 Å². The first kappa shape index (κ1) is 15.0. The number of nitrogens with zero attached hydrogens (tertiary/aromatic N) is 2. The Hall–Kier alpha value is -1.35. The third kappa shape index (κ3) is 3.60. The molecule has 0 aliphatic carbocycles. The van der Waals surface area contributed by atoms with Crippen LogP contribution in [0.5, 0.6) is 0 Å². The third-order valence-corrected chi connectivity index (χ3v) is 4.26. The van der Waals surface area contributed by atoms with E-state index in [4.69, 9.17) is 0 Å². The zero-order valence-corrected chi connectivity index (χ0v) is 12.9. The molecule has 0 spiro atoms. The topological polar surface area (TPSA) is 23.6 Å². The van der Waals surface area contributed by atoms with Crippen molar-refractivity contribution in [3.8, 4) is 0 Å². The summed E-state index contributed by atoms with van der Waals surface area (Å²) in [5.74, 6) is 0.247. The first-order chi connectivity index (χ1) is 9.61. The van der Waals surface area contributed by atoms with Crippen molar-refractivity contribution in [2.45, 2.75) is 45.6 Å². The molecule has 0 aromatic heterocycles. The van der Waals surface area contributed by atoms with Crippen LogP contribution in [-0.4, -0.2) is 37.0 Å². The van der Waals surface area contributed by atoms with Gasteiger partial charge in [0.05, 0.1) is 0 Å². The van der Waals surface area contributed by atoms with E-state index in [1.165, 1.54) is 18.4 Å². The number of anilines is 1. The van der Waals surface area contributed by atoms with Crippen LogP contribution in [-0.2, 0) is 4.79 Å². The van der Waals surface area contributed by atoms with E-state index in [-0.39, 0.29) is 5.91 Å². The Morgan fingerprint density at radius 1 is 1.40 bits per heavy atom. The number of amides is 1. The summed E-state index contributed by atoms with van der Waals surface area (Å²) in [6, 6.07) is 8.62. The summed E-state index contributed by atoms with van der Waals surface area (Å²) in [6.45, 7) is 5.97. The number of aryl methyl sites for hydroxylation is 1. The van der Waals surface area contributed by atoms with Crippen LogP contribution in [0.4, 0.5) is 5.69 Å². The van der Waals surface area contributed by atoms with Crippen LogP contribution in [0.3, 0.4) is 0 Å². The van der Waals surface area contributed by atoms with E-state index >= 15 is 0 Å². The predicted octanol–water partition coefficient (Wildman–Crippen LogP) is 3.22. The summed E-state index contributed by atoms with van der Waals surface area (Å²) in [7, 11) is 2.14. The van der Waals surface area contributed by atoms with E-state index in [0.717, 1.165) is 25.2 Å². The maximum absolute atomic E-state index is 12.6. The summed E-state index contributed by atoms with van der Waals surface area (Å²) in [6.07, 6.45) is 4.29. The largest absolute Gasteiger partial charge is 0.313 e. The summed E-state index contributed by atoms with van der Waals surface area (Å²) in [5.41, 5.74) is 2.22. The smallest absolute Gasteiger partial charge is 0.228 e. The summed E-state index contributed by atoms with van der Waals surface area (Å²) < 4.78 is 0. The highest BCUT2D eigenvalue weighted by Gasteiger charge is 2.24. The summed E-state index contributed by atoms with van der Waals surface area (Å²) >= 11 is 0. The number of carbonyl (C=O) groups is 1. The van der Waals surface area contributed by atoms with Crippen molar-refractivity contribution in [3.05, 3.63) is 29.8 Å². The molecule has 3 nitrogen and oxygen atoms in total. The molecule has 1 saturated heterocycles. The molecule has 1 aliphatic heterocycles. The fourth-order valence-electron chi connectivity index (χ4n) is 3.01. The molecule has 1 amide bonds. The molecule has 0 N–H and O–H groups in total. The summed E-state index contributed by atoms with van der Waals surface area (Å²) in [4.78, 5) is 16.8. The van der Waals surface area contributed by atoms with E-state index in [1.807, 2.05) is 24.0 Å². The molecule has 1 aromatic rings. The molecule has 2 rings (SSSR count). The van der Waals surface area contributed by atoms with E-state index in [0.29, 0.717) is 12.5 Å². The van der Waals surface area contributed by atoms with Crippen LogP contribution in [0, 0.1) is 6.92 Å². The molecular weight excluding hydrogens is 248 g/mol. The van der Waals surface area contributed by atoms with Gasteiger partial charge in [0, 0.05) is 24.7 Å². The van der Waals surface area contributed by atoms with Crippen LogP contribution in [0.2, 0.25) is 0 Å². The van der Waals surface area contributed by atoms with E-state index in [2.05, 4.69) is 31.0 Å². The number of likely N-dealkylation sites (tertiary alicyclic amines) is 1. The van der Waals surface area contributed by atoms with Gasteiger partial charge in [-0.25, -0.2) is 0 Å². The maximum Gasteiger partial charge on any atom is 0.228 e. The standard InChI is InChI=1S/C17H26N2O/c1-4-19(16-10-7-8-14(2)12-16)17(20)13-15-9-5-6-11-18(15)3/h7-8,10,12,15H,4-6,9,11,13H2,1-3H3. The minimum absolute atomic E-state index is 0.247. The van der Waals surface area contributed by atoms with Gasteiger partial charge in [-0.1, -0.05) is 18.6 Å². The molecule has 0 bridgehead atoms. The van der Waals surface area contributed by atoms with Crippen molar-refractivity contribution in [1.29, 1.82) is 0 Å². The van der Waals surface area contributed by atoms with Crippen molar-refractivity contribution < 1.29 is 4.79 Å². The monoisotopic (exact) mass is 274 g/mol. The van der Waals surface area contributed by atoms with Crippen molar-refractivity contribution in [3.63, 3.8) is 0 Å². The quantitative estimate of drug-likeness (QED) is 0.841. The Morgan fingerprint density at radius 3 is 2.85 bits per heavy atom. The molecule has 1 unspecified atom stereocenters. The molecular formula is C17H26N2O. The Bertz CT molecular complexity index is 458. The highest BCUT2D eigenvalue weighted by molar-refractivity contribution is 5.93. The molecule has 3 heteroatoms. The lowest BCUT2D eigenvalue weighted by molar-refractivity contribution is -0.120. The SMILES string of the molecule is CCN(C(=O)CC1CCCCN1C)c1cccc(C)c1. The highest BCUT2D eigenvalue weighted by Crippen LogP contribution is 2.21. The second-order valence-corrected chi connectivity index (χ2v) is 5.81. The average molecular weight is 274 g/mol. The van der Waals surface area contributed by atoms with E-state index in [9.17, 15) is 4.79 Å². The first-order valence-corrected chi connectivity index (χ1v) is 7.69. The van der Waals surface area contributed by atoms with Crippen LogP contribution >= 0.6 is 0 Å². The van der Waals surface area contributed by atoms with Gasteiger partial charge in [0.25, 0.3) is 0 Å². The van der Waals surface area contributed by atoms with Gasteiger partial charge < -0.3 is 9.80 Å². The highest BCUT2D eigenvalue weighted by atomic mass is 16.2. The number of rotatable bonds is 4. The number of carbonyl (C=O) groups excluding carboxylic acids is 1. The van der Waals surface area contributed by atoms with Crippen molar-refractivity contribution in [2.24, 2.45) is 0 Å². The Morgan fingerprint density at radius 2 is 2.20 bits per heavy atom. The number of hydrogen-bond donors (Lipinski definition) is 0. The molecule has 0 saturated carbocycles. The van der Waals surface area contributed by atoms with Gasteiger partial charge in [0.2, 0.25) is 5.91 Å². The third-order valence-electron chi connectivity index (χ3n) is 4.26. The maximum atomic E-state index is 12.6. The minimum Gasteiger partial charge on any atom is -0.313 e. The van der Waals surface area contributed by atoms with Gasteiger partial charge in [0.1, 0.15) is 0 Å². The van der Waals surface area contributed by atoms with Gasteiger partial charge in [-0.2, -0.15) is 0 Å². The molecule has 20 heavy (non-hydrogen) atoms. The Labute approximate surface area is 122 Å². The van der Waals surface area contributed by atoms with E-state index < -0.39 is 0 Å². The molecule has 1 aliphatic rings. The van der Waals surface area contributed by atoms with Gasteiger partial charge in [-0.3, -0.25) is 4.79 Å². The lowest BCUT2D eigenvalue weighted by atomic mass is 9.99. The van der Waals surface area contributed by atoms with Crippen LogP contribution in [0.15, 0.2) is 24.3 Å². The van der Waals surface area contributed by atoms with Crippen LogP contribution in [0.25, 0.3) is 0 Å². The average Bonchev–Trinajstić information content (AvgIpc) is 2.42.